The summed E-state index contributed by atoms with van der Waals surface area (Å²) in [6.07, 6.45) is 5.01. The predicted octanol–water partition coefficient (Wildman–Crippen LogP) is 4.12. The van der Waals surface area contributed by atoms with Crippen molar-refractivity contribution in [2.75, 3.05) is 5.32 Å². The third-order valence-electron chi connectivity index (χ3n) is 3.72. The van der Waals surface area contributed by atoms with Gasteiger partial charge in [0.15, 0.2) is 0 Å². The van der Waals surface area contributed by atoms with Gasteiger partial charge in [-0.2, -0.15) is 5.10 Å². The lowest BCUT2D eigenvalue weighted by Crippen LogP contribution is -2.12. The smallest absolute Gasteiger partial charge is 0.275 e. The molecule has 0 saturated carbocycles. The number of carbonyl (C=O) groups excluding carboxylic acids is 1. The third kappa shape index (κ3) is 4.04. The molecule has 0 aliphatic carbocycles. The summed E-state index contributed by atoms with van der Waals surface area (Å²) in [5.74, 6) is 0.126. The summed E-state index contributed by atoms with van der Waals surface area (Å²) in [7, 11) is 1.82. The van der Waals surface area contributed by atoms with Crippen LogP contribution in [-0.4, -0.2) is 25.7 Å². The number of benzene rings is 1. The standard InChI is InChI=1S/C19H14FN5O2S/c1-25-10-12(8-22-25)19-24-16(11-28-19)18(26)23-14-4-7-17(21-9-14)27-15-5-2-13(20)3-6-15/h2-11H,1H3,(H,23,26). The molecule has 0 atom stereocenters. The zero-order valence-corrected chi connectivity index (χ0v) is 15.5. The lowest BCUT2D eigenvalue weighted by Gasteiger charge is -2.06. The van der Waals surface area contributed by atoms with Crippen LogP contribution in [0.5, 0.6) is 11.6 Å². The van der Waals surface area contributed by atoms with Crippen LogP contribution in [0.2, 0.25) is 0 Å². The number of pyridine rings is 1. The van der Waals surface area contributed by atoms with E-state index in [9.17, 15) is 9.18 Å². The van der Waals surface area contributed by atoms with Crippen LogP contribution in [0.1, 0.15) is 10.5 Å². The first kappa shape index (κ1) is 17.8. The molecule has 4 rings (SSSR count). The number of ether oxygens (including phenoxy) is 1. The Morgan fingerprint density at radius 1 is 1.18 bits per heavy atom. The predicted molar refractivity (Wildman–Crippen MR) is 103 cm³/mol. The van der Waals surface area contributed by atoms with Crippen LogP contribution in [0.25, 0.3) is 10.6 Å². The Balaban J connectivity index is 1.40. The number of amides is 1. The fourth-order valence-corrected chi connectivity index (χ4v) is 3.15. The highest BCUT2D eigenvalue weighted by Crippen LogP contribution is 2.24. The number of nitrogens with one attached hydrogen (secondary N) is 1. The SMILES string of the molecule is Cn1cc(-c2nc(C(=O)Nc3ccc(Oc4ccc(F)cc4)nc3)cs2)cn1. The van der Waals surface area contributed by atoms with Crippen molar-refractivity contribution in [3.63, 3.8) is 0 Å². The molecule has 3 aromatic heterocycles. The van der Waals surface area contributed by atoms with E-state index in [0.717, 1.165) is 10.6 Å². The van der Waals surface area contributed by atoms with E-state index in [4.69, 9.17) is 4.74 Å². The Morgan fingerprint density at radius 2 is 2.00 bits per heavy atom. The monoisotopic (exact) mass is 395 g/mol. The topological polar surface area (TPSA) is 81.9 Å². The maximum Gasteiger partial charge on any atom is 0.275 e. The van der Waals surface area contributed by atoms with E-state index < -0.39 is 0 Å². The van der Waals surface area contributed by atoms with Gasteiger partial charge in [0, 0.05) is 30.3 Å². The number of aryl methyl sites for hydroxylation is 1. The molecule has 140 valence electrons. The number of rotatable bonds is 5. The van der Waals surface area contributed by atoms with Gasteiger partial charge in [-0.25, -0.2) is 14.4 Å². The molecule has 28 heavy (non-hydrogen) atoms. The van der Waals surface area contributed by atoms with E-state index in [1.165, 1.54) is 41.8 Å². The quantitative estimate of drug-likeness (QED) is 0.550. The minimum atomic E-state index is -0.341. The molecule has 0 fully saturated rings. The van der Waals surface area contributed by atoms with Crippen molar-refractivity contribution in [2.24, 2.45) is 7.05 Å². The summed E-state index contributed by atoms with van der Waals surface area (Å²) >= 11 is 1.37. The molecular weight excluding hydrogens is 381 g/mol. The van der Waals surface area contributed by atoms with Crippen molar-refractivity contribution in [1.82, 2.24) is 19.7 Å². The van der Waals surface area contributed by atoms with Crippen LogP contribution < -0.4 is 10.1 Å². The van der Waals surface area contributed by atoms with Crippen molar-refractivity contribution in [2.45, 2.75) is 0 Å². The minimum Gasteiger partial charge on any atom is -0.439 e. The molecule has 0 unspecified atom stereocenters. The molecule has 3 heterocycles. The first-order chi connectivity index (χ1) is 13.6. The van der Waals surface area contributed by atoms with Gasteiger partial charge in [0.1, 0.15) is 22.3 Å². The van der Waals surface area contributed by atoms with Gasteiger partial charge in [-0.1, -0.05) is 0 Å². The van der Waals surface area contributed by atoms with Crippen LogP contribution in [0.4, 0.5) is 10.1 Å². The van der Waals surface area contributed by atoms with E-state index in [0.29, 0.717) is 23.0 Å². The minimum absolute atomic E-state index is 0.315. The van der Waals surface area contributed by atoms with Crippen molar-refractivity contribution >= 4 is 22.9 Å². The molecule has 0 aliphatic heterocycles. The Morgan fingerprint density at radius 3 is 2.68 bits per heavy atom. The fourth-order valence-electron chi connectivity index (χ4n) is 2.38. The summed E-state index contributed by atoms with van der Waals surface area (Å²) in [6, 6.07) is 8.90. The van der Waals surface area contributed by atoms with Gasteiger partial charge in [0.05, 0.1) is 18.1 Å². The van der Waals surface area contributed by atoms with E-state index in [2.05, 4.69) is 20.4 Å². The lowest BCUT2D eigenvalue weighted by atomic mass is 10.3. The largest absolute Gasteiger partial charge is 0.439 e. The van der Waals surface area contributed by atoms with Gasteiger partial charge in [-0.05, 0) is 30.3 Å². The molecule has 0 saturated heterocycles. The number of carbonyl (C=O) groups is 1. The van der Waals surface area contributed by atoms with E-state index >= 15 is 0 Å². The molecule has 9 heteroatoms. The molecular formula is C19H14FN5O2S. The number of aromatic nitrogens is 4. The van der Waals surface area contributed by atoms with Gasteiger partial charge in [-0.3, -0.25) is 9.48 Å². The Labute approximate surface area is 163 Å². The summed E-state index contributed by atoms with van der Waals surface area (Å²) in [4.78, 5) is 20.9. The summed E-state index contributed by atoms with van der Waals surface area (Å²) in [6.45, 7) is 0. The zero-order valence-electron chi connectivity index (χ0n) is 14.7. The van der Waals surface area contributed by atoms with Gasteiger partial charge >= 0.3 is 0 Å². The zero-order chi connectivity index (χ0) is 19.5. The first-order valence-electron chi connectivity index (χ1n) is 8.22. The molecule has 7 nitrogen and oxygen atoms in total. The molecule has 0 radical (unpaired) electrons. The molecule has 0 bridgehead atoms. The number of halogens is 1. The van der Waals surface area contributed by atoms with Crippen LogP contribution in [0, 0.1) is 5.82 Å². The van der Waals surface area contributed by atoms with Crippen molar-refractivity contribution in [3.05, 3.63) is 71.9 Å². The number of thiazole rings is 1. The molecule has 0 spiro atoms. The molecule has 1 amide bonds. The van der Waals surface area contributed by atoms with Gasteiger partial charge < -0.3 is 10.1 Å². The van der Waals surface area contributed by atoms with Crippen molar-refractivity contribution in [1.29, 1.82) is 0 Å². The number of nitrogens with zero attached hydrogens (tertiary/aromatic N) is 4. The van der Waals surface area contributed by atoms with Crippen LogP contribution in [0.15, 0.2) is 60.4 Å². The highest BCUT2D eigenvalue weighted by Gasteiger charge is 2.13. The lowest BCUT2D eigenvalue weighted by molar-refractivity contribution is 0.102. The molecule has 0 aliphatic rings. The Bertz CT molecular complexity index is 1110. The second kappa shape index (κ2) is 7.57. The Kier molecular flexibility index (Phi) is 4.81. The highest BCUT2D eigenvalue weighted by molar-refractivity contribution is 7.13. The van der Waals surface area contributed by atoms with Gasteiger partial charge in [0.25, 0.3) is 5.91 Å². The molecule has 1 N–H and O–H groups in total. The van der Waals surface area contributed by atoms with Crippen LogP contribution in [-0.2, 0) is 7.05 Å². The maximum atomic E-state index is 12.9. The second-order valence-electron chi connectivity index (χ2n) is 5.84. The Hall–Kier alpha value is -3.59. The van der Waals surface area contributed by atoms with Crippen molar-refractivity contribution in [3.8, 4) is 22.2 Å². The molecule has 1 aromatic carbocycles. The molecule has 4 aromatic rings. The van der Waals surface area contributed by atoms with Gasteiger partial charge in [0.2, 0.25) is 5.88 Å². The third-order valence-corrected chi connectivity index (χ3v) is 4.61. The highest BCUT2D eigenvalue weighted by atomic mass is 32.1. The fraction of sp³-hybridized carbons (Fsp3) is 0.0526. The van der Waals surface area contributed by atoms with E-state index in [1.807, 2.05) is 13.2 Å². The van der Waals surface area contributed by atoms with Crippen LogP contribution >= 0.6 is 11.3 Å². The summed E-state index contributed by atoms with van der Waals surface area (Å²) in [5, 5.41) is 9.26. The van der Waals surface area contributed by atoms with E-state index in [-0.39, 0.29) is 11.7 Å². The van der Waals surface area contributed by atoms with Crippen LogP contribution in [0.3, 0.4) is 0 Å². The average Bonchev–Trinajstić information content (AvgIpc) is 3.34. The second-order valence-corrected chi connectivity index (χ2v) is 6.69. The van der Waals surface area contributed by atoms with E-state index in [1.54, 1.807) is 28.4 Å². The number of hydrogen-bond acceptors (Lipinski definition) is 6. The summed E-state index contributed by atoms with van der Waals surface area (Å²) in [5.41, 5.74) is 1.68. The van der Waals surface area contributed by atoms with Gasteiger partial charge in [-0.15, -0.1) is 11.3 Å². The van der Waals surface area contributed by atoms with Crippen molar-refractivity contribution < 1.29 is 13.9 Å². The summed E-state index contributed by atoms with van der Waals surface area (Å²) < 4.78 is 20.1. The first-order valence-corrected chi connectivity index (χ1v) is 9.10. The number of hydrogen-bond donors (Lipinski definition) is 1. The maximum absolute atomic E-state index is 12.9. The average molecular weight is 395 g/mol. The number of anilines is 1. The normalized spacial score (nSPS) is 10.6.